The summed E-state index contributed by atoms with van der Waals surface area (Å²) in [5, 5.41) is 10.6. The molecule has 3 rings (SSSR count). The van der Waals surface area contributed by atoms with E-state index in [1.165, 1.54) is 0 Å². The van der Waals surface area contributed by atoms with Gasteiger partial charge in [-0.15, -0.1) is 10.2 Å². The second-order valence-electron chi connectivity index (χ2n) is 5.58. The van der Waals surface area contributed by atoms with Crippen molar-refractivity contribution in [3.63, 3.8) is 0 Å². The largest absolute Gasteiger partial charge is 0.484 e. The molecule has 0 saturated carbocycles. The van der Waals surface area contributed by atoms with Gasteiger partial charge in [0.2, 0.25) is 0 Å². The van der Waals surface area contributed by atoms with Crippen molar-refractivity contribution in [2.75, 3.05) is 6.61 Å². The molecule has 1 amide bonds. The van der Waals surface area contributed by atoms with Crippen LogP contribution in [0.4, 0.5) is 0 Å². The Labute approximate surface area is 134 Å². The van der Waals surface area contributed by atoms with Crippen molar-refractivity contribution in [1.29, 1.82) is 0 Å². The number of ether oxygens (including phenoxy) is 1. The van der Waals surface area contributed by atoms with Crippen LogP contribution in [0.3, 0.4) is 0 Å². The standard InChI is InChI=1S/C15H20N6O2/c1-10-5-3-4-6-12(10)23-7-13(22)18-14-11(2)19-20-15(14)21-8-16-17-9-21/h3-6,8-9,11,14-15,19-20H,7H2,1-2H3,(H,18,22). The number of carbonyl (C=O) groups is 1. The maximum atomic E-state index is 12.2. The average Bonchev–Trinajstić information content (AvgIpc) is 3.17. The predicted molar refractivity (Wildman–Crippen MR) is 83.4 cm³/mol. The summed E-state index contributed by atoms with van der Waals surface area (Å²) in [6.45, 7) is 3.91. The van der Waals surface area contributed by atoms with Crippen molar-refractivity contribution in [2.45, 2.75) is 32.1 Å². The van der Waals surface area contributed by atoms with Crippen LogP contribution in [-0.4, -0.2) is 39.4 Å². The molecule has 0 spiro atoms. The Bertz CT molecular complexity index is 660. The van der Waals surface area contributed by atoms with Crippen molar-refractivity contribution < 1.29 is 9.53 Å². The minimum absolute atomic E-state index is 0.0248. The SMILES string of the molecule is Cc1ccccc1OCC(=O)NC1C(C)NNC1n1cnnc1. The van der Waals surface area contributed by atoms with Crippen LogP contribution < -0.4 is 20.9 Å². The lowest BCUT2D eigenvalue weighted by molar-refractivity contribution is -0.124. The molecule has 1 aromatic heterocycles. The van der Waals surface area contributed by atoms with Crippen LogP contribution in [0.5, 0.6) is 5.75 Å². The van der Waals surface area contributed by atoms with Crippen molar-refractivity contribution in [3.8, 4) is 5.75 Å². The van der Waals surface area contributed by atoms with Gasteiger partial charge in [-0.2, -0.15) is 0 Å². The van der Waals surface area contributed by atoms with Crippen LogP contribution >= 0.6 is 0 Å². The lowest BCUT2D eigenvalue weighted by Gasteiger charge is -2.22. The molecule has 1 aromatic carbocycles. The fraction of sp³-hybridized carbons (Fsp3) is 0.400. The van der Waals surface area contributed by atoms with E-state index in [0.717, 1.165) is 5.56 Å². The van der Waals surface area contributed by atoms with Gasteiger partial charge in [0.25, 0.3) is 5.91 Å². The Hall–Kier alpha value is -2.45. The van der Waals surface area contributed by atoms with E-state index in [1.54, 1.807) is 12.7 Å². The number of nitrogens with zero attached hydrogens (tertiary/aromatic N) is 3. The van der Waals surface area contributed by atoms with E-state index in [4.69, 9.17) is 4.74 Å². The van der Waals surface area contributed by atoms with Crippen LogP contribution in [0, 0.1) is 6.92 Å². The molecule has 3 N–H and O–H groups in total. The number of hydrogen-bond donors (Lipinski definition) is 3. The topological polar surface area (TPSA) is 93.1 Å². The van der Waals surface area contributed by atoms with E-state index in [1.807, 2.05) is 42.7 Å². The number of nitrogens with one attached hydrogen (secondary N) is 3. The van der Waals surface area contributed by atoms with Gasteiger partial charge in [-0.1, -0.05) is 18.2 Å². The summed E-state index contributed by atoms with van der Waals surface area (Å²) in [4.78, 5) is 12.2. The molecule has 0 aliphatic carbocycles. The Morgan fingerprint density at radius 2 is 2.04 bits per heavy atom. The summed E-state index contributed by atoms with van der Waals surface area (Å²) in [6, 6.07) is 7.54. The molecule has 3 unspecified atom stereocenters. The highest BCUT2D eigenvalue weighted by Crippen LogP contribution is 2.17. The van der Waals surface area contributed by atoms with E-state index >= 15 is 0 Å². The summed E-state index contributed by atoms with van der Waals surface area (Å²) in [6.07, 6.45) is 3.07. The van der Waals surface area contributed by atoms with Gasteiger partial charge >= 0.3 is 0 Å². The third-order valence-electron chi connectivity index (χ3n) is 3.88. The molecule has 1 saturated heterocycles. The first-order valence-corrected chi connectivity index (χ1v) is 7.48. The quantitative estimate of drug-likeness (QED) is 0.727. The Morgan fingerprint density at radius 3 is 2.78 bits per heavy atom. The predicted octanol–water partition coefficient (Wildman–Crippen LogP) is 0.145. The summed E-state index contributed by atoms with van der Waals surface area (Å²) in [5.74, 6) is 0.544. The molecule has 1 fully saturated rings. The molecule has 1 aliphatic rings. The lowest BCUT2D eigenvalue weighted by Crippen LogP contribution is -2.47. The van der Waals surface area contributed by atoms with E-state index in [9.17, 15) is 4.79 Å². The molecule has 2 heterocycles. The number of benzene rings is 1. The van der Waals surface area contributed by atoms with Gasteiger partial charge in [0, 0.05) is 6.04 Å². The highest BCUT2D eigenvalue weighted by Gasteiger charge is 2.35. The van der Waals surface area contributed by atoms with Gasteiger partial charge in [0.15, 0.2) is 6.61 Å². The number of hydrogen-bond acceptors (Lipinski definition) is 6. The Balaban J connectivity index is 1.59. The highest BCUT2D eigenvalue weighted by molar-refractivity contribution is 5.78. The van der Waals surface area contributed by atoms with Crippen LogP contribution in [-0.2, 0) is 4.79 Å². The second-order valence-corrected chi connectivity index (χ2v) is 5.58. The second kappa shape index (κ2) is 6.76. The van der Waals surface area contributed by atoms with Crippen LogP contribution in [0.15, 0.2) is 36.9 Å². The molecule has 0 radical (unpaired) electrons. The molecule has 23 heavy (non-hydrogen) atoms. The van der Waals surface area contributed by atoms with E-state index < -0.39 is 0 Å². The van der Waals surface area contributed by atoms with Gasteiger partial charge in [-0.25, -0.2) is 5.43 Å². The first kappa shape index (κ1) is 15.4. The zero-order valence-corrected chi connectivity index (χ0v) is 13.1. The number of rotatable bonds is 5. The smallest absolute Gasteiger partial charge is 0.258 e. The zero-order chi connectivity index (χ0) is 16.2. The Morgan fingerprint density at radius 1 is 1.30 bits per heavy atom. The summed E-state index contributed by atoms with van der Waals surface area (Å²) >= 11 is 0. The number of carbonyl (C=O) groups excluding carboxylic acids is 1. The van der Waals surface area contributed by atoms with Crippen LogP contribution in [0.25, 0.3) is 0 Å². The van der Waals surface area contributed by atoms with Crippen molar-refractivity contribution >= 4 is 5.91 Å². The third-order valence-corrected chi connectivity index (χ3v) is 3.88. The maximum Gasteiger partial charge on any atom is 0.258 e. The van der Waals surface area contributed by atoms with Gasteiger partial charge in [-0.05, 0) is 25.5 Å². The number of hydrazine groups is 1. The van der Waals surface area contributed by atoms with Gasteiger partial charge < -0.3 is 14.6 Å². The van der Waals surface area contributed by atoms with E-state index in [0.29, 0.717) is 5.75 Å². The molecule has 2 aromatic rings. The minimum atomic E-state index is -0.173. The maximum absolute atomic E-state index is 12.2. The van der Waals surface area contributed by atoms with Gasteiger partial charge in [0.05, 0.1) is 6.04 Å². The van der Waals surface area contributed by atoms with Gasteiger partial charge in [0.1, 0.15) is 24.6 Å². The van der Waals surface area contributed by atoms with Crippen molar-refractivity contribution in [3.05, 3.63) is 42.5 Å². The molecule has 8 nitrogen and oxygen atoms in total. The molecule has 8 heteroatoms. The molecular formula is C15H20N6O2. The molecular weight excluding hydrogens is 296 g/mol. The first-order valence-electron chi connectivity index (χ1n) is 7.48. The molecule has 1 aliphatic heterocycles. The lowest BCUT2D eigenvalue weighted by atomic mass is 10.1. The first-order chi connectivity index (χ1) is 11.1. The molecule has 122 valence electrons. The number of amides is 1. The monoisotopic (exact) mass is 316 g/mol. The fourth-order valence-electron chi connectivity index (χ4n) is 2.58. The van der Waals surface area contributed by atoms with Gasteiger partial charge in [-0.3, -0.25) is 10.2 Å². The van der Waals surface area contributed by atoms with E-state index in [2.05, 4.69) is 26.4 Å². The third kappa shape index (κ3) is 3.49. The molecule has 3 atom stereocenters. The fourth-order valence-corrected chi connectivity index (χ4v) is 2.58. The number of aromatic nitrogens is 3. The Kier molecular flexibility index (Phi) is 4.54. The summed E-state index contributed by atoms with van der Waals surface area (Å²) in [7, 11) is 0. The average molecular weight is 316 g/mol. The molecule has 0 bridgehead atoms. The van der Waals surface area contributed by atoms with Crippen LogP contribution in [0.1, 0.15) is 18.7 Å². The minimum Gasteiger partial charge on any atom is -0.484 e. The number of aryl methyl sites for hydroxylation is 1. The number of para-hydroxylation sites is 1. The summed E-state index contributed by atoms with van der Waals surface area (Å²) < 4.78 is 7.39. The summed E-state index contributed by atoms with van der Waals surface area (Å²) in [5.41, 5.74) is 7.24. The van der Waals surface area contributed by atoms with Crippen LogP contribution in [0.2, 0.25) is 0 Å². The normalized spacial score (nSPS) is 23.7. The van der Waals surface area contributed by atoms with Crippen molar-refractivity contribution in [2.24, 2.45) is 0 Å². The van der Waals surface area contributed by atoms with E-state index in [-0.39, 0.29) is 30.8 Å². The zero-order valence-electron chi connectivity index (χ0n) is 13.1. The van der Waals surface area contributed by atoms with Crippen molar-refractivity contribution in [1.82, 2.24) is 30.9 Å². The highest BCUT2D eigenvalue weighted by atomic mass is 16.5.